The van der Waals surface area contributed by atoms with Crippen molar-refractivity contribution in [1.82, 2.24) is 24.5 Å². The van der Waals surface area contributed by atoms with Crippen molar-refractivity contribution in [2.24, 2.45) is 0 Å². The molecule has 0 radical (unpaired) electrons. The maximum absolute atomic E-state index is 9.14. The molecule has 1 unspecified atom stereocenters. The zero-order chi connectivity index (χ0) is 14.4. The summed E-state index contributed by atoms with van der Waals surface area (Å²) in [6.45, 7) is 4.88. The third kappa shape index (κ3) is 3.91. The Morgan fingerprint density at radius 2 is 2.25 bits per heavy atom. The van der Waals surface area contributed by atoms with E-state index in [0.717, 1.165) is 13.0 Å². The Balaban J connectivity index is 2.28. The summed E-state index contributed by atoms with van der Waals surface area (Å²) in [5.41, 5.74) is 0. The van der Waals surface area contributed by atoms with Gasteiger partial charge < -0.3 is 10.4 Å². The van der Waals surface area contributed by atoms with Crippen molar-refractivity contribution in [2.45, 2.75) is 30.7 Å². The first-order chi connectivity index (χ1) is 9.72. The Morgan fingerprint density at radius 1 is 1.40 bits per heavy atom. The minimum atomic E-state index is 0.0343. The van der Waals surface area contributed by atoms with Gasteiger partial charge in [-0.15, -0.1) is 0 Å². The first kappa shape index (κ1) is 14.7. The molecule has 2 aromatic heterocycles. The summed E-state index contributed by atoms with van der Waals surface area (Å²) < 4.78 is 1.73. The molecule has 2 N–H and O–H groups in total. The van der Waals surface area contributed by atoms with Crippen molar-refractivity contribution in [3.8, 4) is 5.95 Å². The molecule has 2 heterocycles. The number of hydrogen-bond donors (Lipinski definition) is 2. The molecule has 0 aliphatic rings. The number of rotatable bonds is 7. The fourth-order valence-electron chi connectivity index (χ4n) is 1.42. The summed E-state index contributed by atoms with van der Waals surface area (Å²) in [6, 6.07) is 0. The highest BCUT2D eigenvalue weighted by atomic mass is 32.2. The second kappa shape index (κ2) is 7.20. The molecule has 0 spiro atoms. The van der Waals surface area contributed by atoms with Gasteiger partial charge in [0.25, 0.3) is 0 Å². The normalized spacial score (nSPS) is 12.3. The molecule has 8 heteroatoms. The molecular weight excluding hydrogens is 276 g/mol. The van der Waals surface area contributed by atoms with E-state index in [1.165, 1.54) is 11.8 Å². The molecule has 20 heavy (non-hydrogen) atoms. The molecule has 0 saturated carbocycles. The standard InChI is InChI=1S/C12H18N6OS/c1-3-4-14-10-15-11(18-6-5-13-8-18)17-12(16-10)20-9(2)7-19/h5-6,8-9,19H,3-4,7H2,1-2H3,(H,14,15,16,17). The Kier molecular flexibility index (Phi) is 5.31. The van der Waals surface area contributed by atoms with Crippen LogP contribution in [0.3, 0.4) is 0 Å². The maximum atomic E-state index is 9.14. The number of nitrogens with zero attached hydrogens (tertiary/aromatic N) is 5. The maximum Gasteiger partial charge on any atom is 0.240 e. The molecule has 1 atom stereocenters. The number of anilines is 1. The number of thioether (sulfide) groups is 1. The summed E-state index contributed by atoms with van der Waals surface area (Å²) in [6.07, 6.45) is 6.08. The fraction of sp³-hybridized carbons (Fsp3) is 0.500. The molecule has 2 aromatic rings. The van der Waals surface area contributed by atoms with Gasteiger partial charge in [-0.3, -0.25) is 4.57 Å². The molecular formula is C12H18N6OS. The lowest BCUT2D eigenvalue weighted by Crippen LogP contribution is -2.11. The number of aromatic nitrogens is 5. The smallest absolute Gasteiger partial charge is 0.240 e. The molecule has 0 aliphatic heterocycles. The van der Waals surface area contributed by atoms with Gasteiger partial charge in [0.2, 0.25) is 11.9 Å². The predicted octanol–water partition coefficient (Wildman–Crippen LogP) is 1.35. The Morgan fingerprint density at radius 3 is 2.90 bits per heavy atom. The lowest BCUT2D eigenvalue weighted by atomic mass is 10.5. The quantitative estimate of drug-likeness (QED) is 0.745. The van der Waals surface area contributed by atoms with E-state index in [-0.39, 0.29) is 11.9 Å². The minimum Gasteiger partial charge on any atom is -0.395 e. The number of nitrogens with one attached hydrogen (secondary N) is 1. The van der Waals surface area contributed by atoms with Gasteiger partial charge in [0.05, 0.1) is 6.61 Å². The van der Waals surface area contributed by atoms with Crippen LogP contribution >= 0.6 is 11.8 Å². The molecule has 0 fully saturated rings. The van der Waals surface area contributed by atoms with Crippen LogP contribution in [0, 0.1) is 0 Å². The topological polar surface area (TPSA) is 88.8 Å². The lowest BCUT2D eigenvalue weighted by Gasteiger charge is -2.10. The highest BCUT2D eigenvalue weighted by Crippen LogP contribution is 2.20. The number of aliphatic hydroxyl groups excluding tert-OH is 1. The van der Waals surface area contributed by atoms with Gasteiger partial charge >= 0.3 is 0 Å². The molecule has 0 amide bonds. The summed E-state index contributed by atoms with van der Waals surface area (Å²) in [4.78, 5) is 17.1. The second-order valence-electron chi connectivity index (χ2n) is 4.25. The van der Waals surface area contributed by atoms with Crippen molar-refractivity contribution in [3.05, 3.63) is 18.7 Å². The zero-order valence-electron chi connectivity index (χ0n) is 11.5. The van der Waals surface area contributed by atoms with Crippen LogP contribution < -0.4 is 5.32 Å². The molecule has 0 aromatic carbocycles. The minimum absolute atomic E-state index is 0.0343. The van der Waals surface area contributed by atoms with Crippen LogP contribution in [0.25, 0.3) is 5.95 Å². The summed E-state index contributed by atoms with van der Waals surface area (Å²) >= 11 is 1.42. The van der Waals surface area contributed by atoms with Gasteiger partial charge in [0.1, 0.15) is 6.33 Å². The van der Waals surface area contributed by atoms with Gasteiger partial charge in [0.15, 0.2) is 5.16 Å². The first-order valence-corrected chi connectivity index (χ1v) is 7.36. The van der Waals surface area contributed by atoms with E-state index < -0.39 is 0 Å². The van der Waals surface area contributed by atoms with Gasteiger partial charge in [-0.1, -0.05) is 25.6 Å². The monoisotopic (exact) mass is 294 g/mol. The van der Waals surface area contributed by atoms with Gasteiger partial charge in [-0.2, -0.15) is 15.0 Å². The van der Waals surface area contributed by atoms with E-state index >= 15 is 0 Å². The average Bonchev–Trinajstić information content (AvgIpc) is 2.99. The number of imidazole rings is 1. The second-order valence-corrected chi connectivity index (χ2v) is 5.65. The van der Waals surface area contributed by atoms with Crippen molar-refractivity contribution in [1.29, 1.82) is 0 Å². The van der Waals surface area contributed by atoms with Gasteiger partial charge in [-0.25, -0.2) is 4.98 Å². The Hall–Kier alpha value is -1.67. The molecule has 0 aliphatic carbocycles. The number of aliphatic hydroxyl groups is 1. The summed E-state index contributed by atoms with van der Waals surface area (Å²) in [7, 11) is 0. The summed E-state index contributed by atoms with van der Waals surface area (Å²) in [5, 5.41) is 12.9. The van der Waals surface area contributed by atoms with E-state index in [1.54, 1.807) is 23.3 Å². The van der Waals surface area contributed by atoms with Crippen molar-refractivity contribution in [3.63, 3.8) is 0 Å². The van der Waals surface area contributed by atoms with Crippen molar-refractivity contribution in [2.75, 3.05) is 18.5 Å². The molecule has 0 bridgehead atoms. The van der Waals surface area contributed by atoms with Crippen LogP contribution in [0.2, 0.25) is 0 Å². The van der Waals surface area contributed by atoms with Crippen molar-refractivity contribution >= 4 is 17.7 Å². The highest BCUT2D eigenvalue weighted by molar-refractivity contribution is 7.99. The lowest BCUT2D eigenvalue weighted by molar-refractivity contribution is 0.300. The van der Waals surface area contributed by atoms with Crippen molar-refractivity contribution < 1.29 is 5.11 Å². The van der Waals surface area contributed by atoms with Crippen LogP contribution in [-0.4, -0.2) is 48.0 Å². The van der Waals surface area contributed by atoms with Crippen LogP contribution in [0.15, 0.2) is 23.9 Å². The predicted molar refractivity (Wildman–Crippen MR) is 78.1 cm³/mol. The van der Waals surface area contributed by atoms with E-state index in [0.29, 0.717) is 17.1 Å². The fourth-order valence-corrected chi connectivity index (χ4v) is 2.13. The molecule has 7 nitrogen and oxygen atoms in total. The highest BCUT2D eigenvalue weighted by Gasteiger charge is 2.11. The van der Waals surface area contributed by atoms with Crippen LogP contribution in [0.4, 0.5) is 5.95 Å². The van der Waals surface area contributed by atoms with E-state index in [1.807, 2.05) is 6.92 Å². The largest absolute Gasteiger partial charge is 0.395 e. The van der Waals surface area contributed by atoms with E-state index in [4.69, 9.17) is 5.11 Å². The van der Waals surface area contributed by atoms with E-state index in [2.05, 4.69) is 32.2 Å². The third-order valence-corrected chi connectivity index (χ3v) is 3.38. The zero-order valence-corrected chi connectivity index (χ0v) is 12.3. The third-order valence-electron chi connectivity index (χ3n) is 2.44. The van der Waals surface area contributed by atoms with Gasteiger partial charge in [-0.05, 0) is 6.42 Å². The average molecular weight is 294 g/mol. The molecule has 0 saturated heterocycles. The van der Waals surface area contributed by atoms with Gasteiger partial charge in [0, 0.05) is 24.2 Å². The molecule has 108 valence electrons. The first-order valence-electron chi connectivity index (χ1n) is 6.48. The molecule has 2 rings (SSSR count). The number of hydrogen-bond acceptors (Lipinski definition) is 7. The summed E-state index contributed by atoms with van der Waals surface area (Å²) in [5.74, 6) is 1.06. The van der Waals surface area contributed by atoms with Crippen LogP contribution in [-0.2, 0) is 0 Å². The Labute approximate surface area is 121 Å². The Bertz CT molecular complexity index is 533. The van der Waals surface area contributed by atoms with E-state index in [9.17, 15) is 0 Å². The SMILES string of the molecule is CCCNc1nc(SC(C)CO)nc(-n2ccnc2)n1. The van der Waals surface area contributed by atoms with Crippen LogP contribution in [0.1, 0.15) is 20.3 Å². The van der Waals surface area contributed by atoms with Crippen LogP contribution in [0.5, 0.6) is 0 Å².